The molecular formula is C25H26N2O3. The van der Waals surface area contributed by atoms with Crippen molar-refractivity contribution < 1.29 is 14.3 Å². The summed E-state index contributed by atoms with van der Waals surface area (Å²) >= 11 is 0. The molecule has 5 nitrogen and oxygen atoms in total. The highest BCUT2D eigenvalue weighted by Gasteiger charge is 2.06. The van der Waals surface area contributed by atoms with Crippen LogP contribution in [-0.2, 0) is 16.0 Å². The minimum atomic E-state index is -0.243. The smallest absolute Gasteiger partial charge is 0.262 e. The number of benzene rings is 3. The zero-order chi connectivity index (χ0) is 21.3. The monoisotopic (exact) mass is 402 g/mol. The first-order chi connectivity index (χ1) is 14.5. The van der Waals surface area contributed by atoms with Crippen LogP contribution in [0, 0.1) is 13.8 Å². The lowest BCUT2D eigenvalue weighted by Gasteiger charge is -2.10. The molecule has 154 valence electrons. The van der Waals surface area contributed by atoms with Gasteiger partial charge in [0.05, 0.1) is 0 Å². The molecule has 0 saturated carbocycles. The highest BCUT2D eigenvalue weighted by molar-refractivity contribution is 5.93. The first kappa shape index (κ1) is 21.1. The number of ether oxygens (including phenoxy) is 1. The first-order valence-electron chi connectivity index (χ1n) is 9.93. The summed E-state index contributed by atoms with van der Waals surface area (Å²) in [4.78, 5) is 24.2. The summed E-state index contributed by atoms with van der Waals surface area (Å²) in [5.74, 6) is 0.382. The maximum atomic E-state index is 12.1. The average molecular weight is 402 g/mol. The molecule has 0 aromatic heterocycles. The Balaban J connectivity index is 1.43. The van der Waals surface area contributed by atoms with Crippen molar-refractivity contribution in [2.45, 2.75) is 26.7 Å². The molecule has 0 fully saturated rings. The van der Waals surface area contributed by atoms with Crippen molar-refractivity contribution in [1.82, 2.24) is 0 Å². The van der Waals surface area contributed by atoms with Crippen LogP contribution >= 0.6 is 0 Å². The Bertz CT molecular complexity index is 999. The van der Waals surface area contributed by atoms with E-state index in [0.29, 0.717) is 30.0 Å². The van der Waals surface area contributed by atoms with E-state index in [4.69, 9.17) is 4.74 Å². The van der Waals surface area contributed by atoms with E-state index >= 15 is 0 Å². The molecule has 3 rings (SSSR count). The Morgan fingerprint density at radius 1 is 0.767 bits per heavy atom. The van der Waals surface area contributed by atoms with Crippen LogP contribution < -0.4 is 15.4 Å². The predicted octanol–water partition coefficient (Wildman–Crippen LogP) is 4.89. The molecule has 0 aliphatic heterocycles. The molecular weight excluding hydrogens is 376 g/mol. The third-order valence-corrected chi connectivity index (χ3v) is 4.78. The van der Waals surface area contributed by atoms with Gasteiger partial charge in [0.15, 0.2) is 6.61 Å². The van der Waals surface area contributed by atoms with Gasteiger partial charge >= 0.3 is 0 Å². The zero-order valence-electron chi connectivity index (χ0n) is 17.3. The molecule has 30 heavy (non-hydrogen) atoms. The standard InChI is InChI=1S/C25H26N2O3/c1-18-8-14-23(16-19(18)2)30-17-25(29)27-22-12-10-21(11-13-22)26-24(28)15-9-20-6-4-3-5-7-20/h3-8,10-14,16H,9,15,17H2,1-2H3,(H,26,28)(H,27,29). The van der Waals surface area contributed by atoms with E-state index in [-0.39, 0.29) is 18.4 Å². The van der Waals surface area contributed by atoms with Crippen LogP contribution in [-0.4, -0.2) is 18.4 Å². The molecule has 0 spiro atoms. The summed E-state index contributed by atoms with van der Waals surface area (Å²) in [6, 6.07) is 22.7. The third kappa shape index (κ3) is 6.48. The number of anilines is 2. The lowest BCUT2D eigenvalue weighted by atomic mass is 10.1. The molecule has 0 aliphatic carbocycles. The molecule has 0 atom stereocenters. The van der Waals surface area contributed by atoms with Gasteiger partial charge in [0.1, 0.15) is 5.75 Å². The summed E-state index contributed by atoms with van der Waals surface area (Å²) < 4.78 is 5.55. The van der Waals surface area contributed by atoms with Crippen LogP contribution in [0.25, 0.3) is 0 Å². The molecule has 0 aliphatic rings. The number of hydrogen-bond donors (Lipinski definition) is 2. The van der Waals surface area contributed by atoms with Crippen LogP contribution in [0.15, 0.2) is 72.8 Å². The van der Waals surface area contributed by atoms with Crippen molar-refractivity contribution >= 4 is 23.2 Å². The summed E-state index contributed by atoms with van der Waals surface area (Å²) in [5, 5.41) is 5.66. The van der Waals surface area contributed by atoms with Gasteiger partial charge in [-0.15, -0.1) is 0 Å². The summed E-state index contributed by atoms with van der Waals surface area (Å²) in [6.45, 7) is 3.96. The SMILES string of the molecule is Cc1ccc(OCC(=O)Nc2ccc(NC(=O)CCc3ccccc3)cc2)cc1C. The second kappa shape index (κ2) is 10.3. The van der Waals surface area contributed by atoms with Crippen LogP contribution in [0.1, 0.15) is 23.1 Å². The van der Waals surface area contributed by atoms with E-state index in [2.05, 4.69) is 10.6 Å². The number of hydrogen-bond acceptors (Lipinski definition) is 3. The fourth-order valence-electron chi connectivity index (χ4n) is 2.91. The maximum absolute atomic E-state index is 12.1. The highest BCUT2D eigenvalue weighted by atomic mass is 16.5. The lowest BCUT2D eigenvalue weighted by Crippen LogP contribution is -2.20. The van der Waals surface area contributed by atoms with Gasteiger partial charge in [-0.05, 0) is 73.4 Å². The summed E-state index contributed by atoms with van der Waals surface area (Å²) in [7, 11) is 0. The Labute approximate surface area is 177 Å². The Hall–Kier alpha value is -3.60. The lowest BCUT2D eigenvalue weighted by molar-refractivity contribution is -0.118. The van der Waals surface area contributed by atoms with Gasteiger partial charge in [-0.2, -0.15) is 0 Å². The van der Waals surface area contributed by atoms with Gasteiger partial charge in [0.2, 0.25) is 5.91 Å². The Morgan fingerprint density at radius 3 is 2.03 bits per heavy atom. The zero-order valence-corrected chi connectivity index (χ0v) is 17.3. The predicted molar refractivity (Wildman–Crippen MR) is 120 cm³/mol. The Kier molecular flexibility index (Phi) is 7.22. The molecule has 3 aromatic carbocycles. The summed E-state index contributed by atoms with van der Waals surface area (Å²) in [5.41, 5.74) is 4.77. The molecule has 0 saturated heterocycles. The number of amides is 2. The van der Waals surface area contributed by atoms with Crippen LogP contribution in [0.2, 0.25) is 0 Å². The maximum Gasteiger partial charge on any atom is 0.262 e. The molecule has 2 N–H and O–H groups in total. The van der Waals surface area contributed by atoms with Crippen molar-refractivity contribution in [3.8, 4) is 5.75 Å². The van der Waals surface area contributed by atoms with Gasteiger partial charge in [0.25, 0.3) is 5.91 Å². The highest BCUT2D eigenvalue weighted by Crippen LogP contribution is 2.17. The number of carbonyl (C=O) groups excluding carboxylic acids is 2. The molecule has 2 amide bonds. The first-order valence-corrected chi connectivity index (χ1v) is 9.93. The second-order valence-electron chi connectivity index (χ2n) is 7.19. The second-order valence-corrected chi connectivity index (χ2v) is 7.19. The molecule has 0 unspecified atom stereocenters. The van der Waals surface area contributed by atoms with E-state index < -0.39 is 0 Å². The van der Waals surface area contributed by atoms with E-state index in [9.17, 15) is 9.59 Å². The fourth-order valence-corrected chi connectivity index (χ4v) is 2.91. The van der Waals surface area contributed by atoms with Crippen LogP contribution in [0.5, 0.6) is 5.75 Å². The van der Waals surface area contributed by atoms with Gasteiger partial charge in [-0.1, -0.05) is 36.4 Å². The normalized spacial score (nSPS) is 10.3. The van der Waals surface area contributed by atoms with Crippen molar-refractivity contribution in [3.63, 3.8) is 0 Å². The van der Waals surface area contributed by atoms with Gasteiger partial charge in [-0.3, -0.25) is 9.59 Å². The molecule has 3 aromatic rings. The number of carbonyl (C=O) groups is 2. The minimum absolute atomic E-state index is 0.0440. The van der Waals surface area contributed by atoms with Crippen LogP contribution in [0.4, 0.5) is 11.4 Å². The van der Waals surface area contributed by atoms with Gasteiger partial charge in [-0.25, -0.2) is 0 Å². The van der Waals surface area contributed by atoms with Crippen molar-refractivity contribution in [1.29, 1.82) is 0 Å². The van der Waals surface area contributed by atoms with E-state index in [1.54, 1.807) is 24.3 Å². The molecule has 0 radical (unpaired) electrons. The average Bonchev–Trinajstić information content (AvgIpc) is 2.75. The van der Waals surface area contributed by atoms with Crippen LogP contribution in [0.3, 0.4) is 0 Å². The summed E-state index contributed by atoms with van der Waals surface area (Å²) in [6.07, 6.45) is 1.11. The largest absolute Gasteiger partial charge is 0.484 e. The van der Waals surface area contributed by atoms with Gasteiger partial charge in [0, 0.05) is 17.8 Å². The minimum Gasteiger partial charge on any atom is -0.484 e. The number of rotatable bonds is 8. The topological polar surface area (TPSA) is 67.4 Å². The number of nitrogens with one attached hydrogen (secondary N) is 2. The number of aryl methyl sites for hydroxylation is 3. The van der Waals surface area contributed by atoms with E-state index in [1.807, 2.05) is 62.4 Å². The van der Waals surface area contributed by atoms with Crippen molar-refractivity contribution in [3.05, 3.63) is 89.5 Å². The van der Waals surface area contributed by atoms with E-state index in [1.165, 1.54) is 5.56 Å². The molecule has 5 heteroatoms. The van der Waals surface area contributed by atoms with E-state index in [0.717, 1.165) is 11.1 Å². The molecule has 0 bridgehead atoms. The molecule has 0 heterocycles. The Morgan fingerprint density at radius 2 is 1.40 bits per heavy atom. The van der Waals surface area contributed by atoms with Gasteiger partial charge < -0.3 is 15.4 Å². The van der Waals surface area contributed by atoms with Crippen molar-refractivity contribution in [2.24, 2.45) is 0 Å². The van der Waals surface area contributed by atoms with Crippen molar-refractivity contribution in [2.75, 3.05) is 17.2 Å². The fraction of sp³-hybridized carbons (Fsp3) is 0.200. The third-order valence-electron chi connectivity index (χ3n) is 4.78. The quantitative estimate of drug-likeness (QED) is 0.564.